The zero-order chi connectivity index (χ0) is 15.6. The van der Waals surface area contributed by atoms with Gasteiger partial charge in [0.1, 0.15) is 23.3 Å². The Bertz CT molecular complexity index is 799. The van der Waals surface area contributed by atoms with Crippen LogP contribution in [0.4, 0.5) is 0 Å². The van der Waals surface area contributed by atoms with E-state index in [1.165, 1.54) is 16.7 Å². The van der Waals surface area contributed by atoms with Gasteiger partial charge in [-0.2, -0.15) is 9.57 Å². The third kappa shape index (κ3) is 2.63. The molecule has 22 heavy (non-hydrogen) atoms. The van der Waals surface area contributed by atoms with Crippen LogP contribution in [-0.2, 0) is 10.0 Å². The van der Waals surface area contributed by atoms with E-state index in [4.69, 9.17) is 10.00 Å². The summed E-state index contributed by atoms with van der Waals surface area (Å²) < 4.78 is 36.1. The molecule has 0 amide bonds. The first kappa shape index (κ1) is 14.4. The van der Waals surface area contributed by atoms with E-state index >= 15 is 0 Å². The fourth-order valence-electron chi connectivity index (χ4n) is 2.13. The number of nitrogens with zero attached hydrogens (tertiary/aromatic N) is 5. The van der Waals surface area contributed by atoms with Gasteiger partial charge in [0, 0.05) is 18.9 Å². The van der Waals surface area contributed by atoms with Gasteiger partial charge in [0.2, 0.25) is 15.7 Å². The quantitative estimate of drug-likeness (QED) is 0.781. The van der Waals surface area contributed by atoms with Crippen LogP contribution in [0.3, 0.4) is 0 Å². The van der Waals surface area contributed by atoms with Gasteiger partial charge in [0.15, 0.2) is 0 Å². The molecule has 0 aromatic carbocycles. The molecule has 1 unspecified atom stereocenters. The topological polar surface area (TPSA) is 122 Å². The lowest BCUT2D eigenvalue weighted by molar-refractivity contribution is 0.205. The van der Waals surface area contributed by atoms with Crippen LogP contribution in [0.2, 0.25) is 0 Å². The van der Waals surface area contributed by atoms with E-state index in [0.29, 0.717) is 13.0 Å². The SMILES string of the molecule is N#Cc1nccnc1OC1CCN(S(=O)(=O)c2cnoc2)C1. The summed E-state index contributed by atoms with van der Waals surface area (Å²) in [6.07, 6.45) is 5.14. The van der Waals surface area contributed by atoms with Crippen molar-refractivity contribution in [3.8, 4) is 11.9 Å². The Morgan fingerprint density at radius 3 is 2.95 bits per heavy atom. The second kappa shape index (κ2) is 5.70. The Hall–Kier alpha value is -2.51. The van der Waals surface area contributed by atoms with E-state index in [9.17, 15) is 8.42 Å². The predicted molar refractivity (Wildman–Crippen MR) is 71.0 cm³/mol. The maximum absolute atomic E-state index is 12.3. The summed E-state index contributed by atoms with van der Waals surface area (Å²) in [6, 6.07) is 1.88. The molecule has 0 aliphatic carbocycles. The normalized spacial score (nSPS) is 19.0. The highest BCUT2D eigenvalue weighted by Gasteiger charge is 2.35. The molecule has 1 aliphatic heterocycles. The van der Waals surface area contributed by atoms with Gasteiger partial charge in [-0.05, 0) is 6.42 Å². The molecule has 1 atom stereocenters. The summed E-state index contributed by atoms with van der Waals surface area (Å²) in [5, 5.41) is 12.3. The van der Waals surface area contributed by atoms with Crippen molar-refractivity contribution in [3.63, 3.8) is 0 Å². The zero-order valence-electron chi connectivity index (χ0n) is 11.3. The van der Waals surface area contributed by atoms with Crippen molar-refractivity contribution in [2.24, 2.45) is 0 Å². The third-order valence-corrected chi connectivity index (χ3v) is 5.01. The second-order valence-electron chi connectivity index (χ2n) is 4.57. The largest absolute Gasteiger partial charge is 0.471 e. The Labute approximate surface area is 126 Å². The van der Waals surface area contributed by atoms with Gasteiger partial charge < -0.3 is 9.26 Å². The lowest BCUT2D eigenvalue weighted by atomic mass is 10.3. The zero-order valence-corrected chi connectivity index (χ0v) is 12.1. The molecule has 0 saturated carbocycles. The van der Waals surface area contributed by atoms with Gasteiger partial charge in [-0.25, -0.2) is 18.4 Å². The number of sulfonamides is 1. The van der Waals surface area contributed by atoms with Crippen molar-refractivity contribution >= 4 is 10.0 Å². The molecule has 1 fully saturated rings. The second-order valence-corrected chi connectivity index (χ2v) is 6.51. The number of ether oxygens (including phenoxy) is 1. The van der Waals surface area contributed by atoms with Crippen LogP contribution in [0.1, 0.15) is 12.1 Å². The number of aromatic nitrogens is 3. The van der Waals surface area contributed by atoms with Crippen LogP contribution in [0.5, 0.6) is 5.88 Å². The molecule has 0 bridgehead atoms. The minimum Gasteiger partial charge on any atom is -0.471 e. The van der Waals surface area contributed by atoms with E-state index in [1.807, 2.05) is 6.07 Å². The molecule has 2 aromatic rings. The maximum atomic E-state index is 12.3. The molecule has 3 rings (SSSR count). The predicted octanol–water partition coefficient (Wildman–Crippen LogP) is 0.178. The molecule has 2 aromatic heterocycles. The van der Waals surface area contributed by atoms with E-state index in [2.05, 4.69) is 19.6 Å². The molecule has 0 spiro atoms. The van der Waals surface area contributed by atoms with Gasteiger partial charge in [-0.3, -0.25) is 0 Å². The van der Waals surface area contributed by atoms with Crippen molar-refractivity contribution in [3.05, 3.63) is 30.5 Å². The van der Waals surface area contributed by atoms with E-state index < -0.39 is 16.1 Å². The van der Waals surface area contributed by atoms with Crippen LogP contribution in [0, 0.1) is 11.3 Å². The van der Waals surface area contributed by atoms with E-state index in [1.54, 1.807) is 0 Å². The van der Waals surface area contributed by atoms with Crippen LogP contribution < -0.4 is 4.74 Å². The van der Waals surface area contributed by atoms with Crippen molar-refractivity contribution in [2.45, 2.75) is 17.4 Å². The Balaban J connectivity index is 1.72. The molecule has 0 N–H and O–H groups in total. The number of hydrogen-bond acceptors (Lipinski definition) is 8. The average molecular weight is 321 g/mol. The first-order valence-electron chi connectivity index (χ1n) is 6.38. The number of nitriles is 1. The number of rotatable bonds is 4. The summed E-state index contributed by atoms with van der Waals surface area (Å²) in [7, 11) is -3.64. The van der Waals surface area contributed by atoms with Crippen LogP contribution >= 0.6 is 0 Å². The van der Waals surface area contributed by atoms with Crippen molar-refractivity contribution < 1.29 is 17.7 Å². The van der Waals surface area contributed by atoms with E-state index in [0.717, 1.165) is 12.5 Å². The fraction of sp³-hybridized carbons (Fsp3) is 0.333. The van der Waals surface area contributed by atoms with Gasteiger partial charge in [0.05, 0.1) is 12.7 Å². The van der Waals surface area contributed by atoms with Crippen molar-refractivity contribution in [1.29, 1.82) is 5.26 Å². The lowest BCUT2D eigenvalue weighted by Crippen LogP contribution is -2.31. The highest BCUT2D eigenvalue weighted by molar-refractivity contribution is 7.89. The van der Waals surface area contributed by atoms with Gasteiger partial charge in [-0.1, -0.05) is 5.16 Å². The molecule has 9 nitrogen and oxygen atoms in total. The molecule has 10 heteroatoms. The number of hydrogen-bond donors (Lipinski definition) is 0. The molecule has 114 valence electrons. The summed E-state index contributed by atoms with van der Waals surface area (Å²) in [5.41, 5.74) is 0.0721. The molecule has 0 radical (unpaired) electrons. The smallest absolute Gasteiger partial charge is 0.251 e. The summed E-state index contributed by atoms with van der Waals surface area (Å²) in [6.45, 7) is 0.468. The maximum Gasteiger partial charge on any atom is 0.251 e. The first-order valence-corrected chi connectivity index (χ1v) is 7.82. The molecule has 3 heterocycles. The lowest BCUT2D eigenvalue weighted by Gasteiger charge is -2.15. The highest BCUT2D eigenvalue weighted by Crippen LogP contribution is 2.23. The van der Waals surface area contributed by atoms with Gasteiger partial charge in [-0.15, -0.1) is 0 Å². The van der Waals surface area contributed by atoms with Crippen LogP contribution in [-0.4, -0.2) is 47.0 Å². The van der Waals surface area contributed by atoms with E-state index in [-0.39, 0.29) is 23.0 Å². The highest BCUT2D eigenvalue weighted by atomic mass is 32.2. The third-order valence-electron chi connectivity index (χ3n) is 3.20. The Kier molecular flexibility index (Phi) is 3.74. The van der Waals surface area contributed by atoms with Crippen LogP contribution in [0.15, 0.2) is 34.3 Å². The molecular weight excluding hydrogens is 310 g/mol. The van der Waals surface area contributed by atoms with Gasteiger partial charge >= 0.3 is 0 Å². The standard InChI is InChI=1S/C12H11N5O4S/c13-5-11-12(15-3-2-14-11)21-9-1-4-17(7-9)22(18,19)10-6-16-20-8-10/h2-3,6,8-9H,1,4,7H2. The average Bonchev–Trinajstić information content (AvgIpc) is 3.20. The minimum atomic E-state index is -3.64. The monoisotopic (exact) mass is 321 g/mol. The summed E-state index contributed by atoms with van der Waals surface area (Å²) >= 11 is 0. The fourth-order valence-corrected chi connectivity index (χ4v) is 3.48. The Morgan fingerprint density at radius 2 is 2.23 bits per heavy atom. The molecule has 1 saturated heterocycles. The summed E-state index contributed by atoms with van der Waals surface area (Å²) in [4.78, 5) is 7.80. The van der Waals surface area contributed by atoms with Crippen molar-refractivity contribution in [1.82, 2.24) is 19.4 Å². The minimum absolute atomic E-state index is 0.00497. The molecule has 1 aliphatic rings. The summed E-state index contributed by atoms with van der Waals surface area (Å²) in [5.74, 6) is 0.110. The first-order chi connectivity index (χ1) is 10.6. The van der Waals surface area contributed by atoms with Crippen molar-refractivity contribution in [2.75, 3.05) is 13.1 Å². The van der Waals surface area contributed by atoms with Crippen LogP contribution in [0.25, 0.3) is 0 Å². The molecular formula is C12H11N5O4S. The Morgan fingerprint density at radius 1 is 1.41 bits per heavy atom. The van der Waals surface area contributed by atoms with Gasteiger partial charge in [0.25, 0.3) is 5.88 Å².